The van der Waals surface area contributed by atoms with Gasteiger partial charge in [0.25, 0.3) is 11.8 Å². The molecule has 152 valence electrons. The van der Waals surface area contributed by atoms with E-state index in [-0.39, 0.29) is 11.5 Å². The van der Waals surface area contributed by atoms with Crippen molar-refractivity contribution in [3.8, 4) is 0 Å². The van der Waals surface area contributed by atoms with E-state index in [1.165, 1.54) is 16.3 Å². The number of piperidine rings is 1. The van der Waals surface area contributed by atoms with Gasteiger partial charge in [0.15, 0.2) is 6.10 Å². The van der Waals surface area contributed by atoms with Crippen LogP contribution in [0.5, 0.6) is 0 Å². The maximum atomic E-state index is 12.8. The first-order valence-electron chi connectivity index (χ1n) is 10.5. The number of aliphatic hydroxyl groups excluding tert-OH is 1. The van der Waals surface area contributed by atoms with Crippen LogP contribution in [0.15, 0.2) is 54.6 Å². The SMILES string of the molecule is C=C(C(=O)N1CCC(c2ccc3ccccc3c2)CC1)[C@@H](O)C(=O)N1CCCC1. The predicted molar refractivity (Wildman–Crippen MR) is 113 cm³/mol. The van der Waals surface area contributed by atoms with Gasteiger partial charge in [-0.2, -0.15) is 0 Å². The number of benzene rings is 2. The largest absolute Gasteiger partial charge is 0.378 e. The van der Waals surface area contributed by atoms with Crippen molar-refractivity contribution in [3.05, 3.63) is 60.2 Å². The Morgan fingerprint density at radius 3 is 2.28 bits per heavy atom. The quantitative estimate of drug-likeness (QED) is 0.814. The monoisotopic (exact) mass is 392 g/mol. The van der Waals surface area contributed by atoms with Crippen molar-refractivity contribution >= 4 is 22.6 Å². The number of rotatable bonds is 4. The number of hydrogen-bond acceptors (Lipinski definition) is 3. The Hall–Kier alpha value is -2.66. The molecule has 2 aromatic carbocycles. The van der Waals surface area contributed by atoms with E-state index in [1.807, 2.05) is 12.1 Å². The molecular weight excluding hydrogens is 364 g/mol. The Balaban J connectivity index is 1.36. The Morgan fingerprint density at radius 1 is 0.931 bits per heavy atom. The second kappa shape index (κ2) is 8.37. The minimum Gasteiger partial charge on any atom is -0.378 e. The van der Waals surface area contributed by atoms with Crippen LogP contribution in [0.3, 0.4) is 0 Å². The number of amides is 2. The molecule has 0 aromatic heterocycles. The summed E-state index contributed by atoms with van der Waals surface area (Å²) in [6.45, 7) is 6.26. The third-order valence-corrected chi connectivity index (χ3v) is 6.28. The zero-order chi connectivity index (χ0) is 20.4. The average molecular weight is 392 g/mol. The van der Waals surface area contributed by atoms with E-state index in [4.69, 9.17) is 0 Å². The molecule has 0 spiro atoms. The molecule has 29 heavy (non-hydrogen) atoms. The Bertz CT molecular complexity index is 925. The molecule has 0 bridgehead atoms. The number of fused-ring (bicyclic) bond motifs is 1. The van der Waals surface area contributed by atoms with Gasteiger partial charge in [-0.3, -0.25) is 9.59 Å². The van der Waals surface area contributed by atoms with E-state index in [1.54, 1.807) is 9.80 Å². The van der Waals surface area contributed by atoms with E-state index < -0.39 is 12.0 Å². The van der Waals surface area contributed by atoms with Crippen LogP contribution in [0.1, 0.15) is 37.2 Å². The second-order valence-corrected chi connectivity index (χ2v) is 8.13. The molecule has 1 atom stereocenters. The van der Waals surface area contributed by atoms with Crippen LogP contribution in [-0.4, -0.2) is 59.0 Å². The minimum atomic E-state index is -1.43. The summed E-state index contributed by atoms with van der Waals surface area (Å²) in [6, 6.07) is 14.9. The van der Waals surface area contributed by atoms with Crippen molar-refractivity contribution in [1.82, 2.24) is 9.80 Å². The van der Waals surface area contributed by atoms with E-state index in [2.05, 4.69) is 36.9 Å². The third kappa shape index (κ3) is 4.06. The maximum Gasteiger partial charge on any atom is 0.256 e. The lowest BCUT2D eigenvalue weighted by molar-refractivity contribution is -0.140. The van der Waals surface area contributed by atoms with E-state index in [0.29, 0.717) is 32.1 Å². The van der Waals surface area contributed by atoms with Crippen molar-refractivity contribution < 1.29 is 14.7 Å². The zero-order valence-corrected chi connectivity index (χ0v) is 16.7. The van der Waals surface area contributed by atoms with Crippen molar-refractivity contribution in [3.63, 3.8) is 0 Å². The lowest BCUT2D eigenvalue weighted by atomic mass is 9.88. The molecule has 0 unspecified atom stereocenters. The number of aliphatic hydroxyl groups is 1. The Morgan fingerprint density at radius 2 is 1.59 bits per heavy atom. The molecular formula is C24H28N2O3. The lowest BCUT2D eigenvalue weighted by Gasteiger charge is -2.33. The summed E-state index contributed by atoms with van der Waals surface area (Å²) in [7, 11) is 0. The van der Waals surface area contributed by atoms with Gasteiger partial charge in [0.1, 0.15) is 0 Å². The summed E-state index contributed by atoms with van der Waals surface area (Å²) in [4.78, 5) is 28.5. The van der Waals surface area contributed by atoms with E-state index in [9.17, 15) is 14.7 Å². The average Bonchev–Trinajstić information content (AvgIpc) is 3.32. The number of nitrogens with zero attached hydrogens (tertiary/aromatic N) is 2. The van der Waals surface area contributed by atoms with Gasteiger partial charge < -0.3 is 14.9 Å². The fraction of sp³-hybridized carbons (Fsp3) is 0.417. The zero-order valence-electron chi connectivity index (χ0n) is 16.7. The van der Waals surface area contributed by atoms with Crippen LogP contribution >= 0.6 is 0 Å². The van der Waals surface area contributed by atoms with Gasteiger partial charge in [0.05, 0.1) is 0 Å². The molecule has 2 aromatic rings. The summed E-state index contributed by atoms with van der Waals surface area (Å²) in [5, 5.41) is 12.8. The summed E-state index contributed by atoms with van der Waals surface area (Å²) < 4.78 is 0. The smallest absolute Gasteiger partial charge is 0.256 e. The molecule has 1 N–H and O–H groups in total. The molecule has 5 nitrogen and oxygen atoms in total. The van der Waals surface area contributed by atoms with E-state index in [0.717, 1.165) is 25.7 Å². The number of carbonyl (C=O) groups excluding carboxylic acids is 2. The van der Waals surface area contributed by atoms with Gasteiger partial charge in [0, 0.05) is 31.8 Å². The normalized spacial score (nSPS) is 18.8. The molecule has 2 amide bonds. The number of carbonyl (C=O) groups is 2. The van der Waals surface area contributed by atoms with Gasteiger partial charge in [-0.15, -0.1) is 0 Å². The number of likely N-dealkylation sites (tertiary alicyclic amines) is 2. The topological polar surface area (TPSA) is 60.9 Å². The fourth-order valence-corrected chi connectivity index (χ4v) is 4.46. The standard InChI is InChI=1S/C24H28N2O3/c1-17(22(27)24(29)25-12-4-5-13-25)23(28)26-14-10-19(11-15-26)21-9-8-18-6-2-3-7-20(18)16-21/h2-3,6-9,16,19,22,27H,1,4-5,10-15H2/t22-/m1/s1. The molecule has 2 saturated heterocycles. The molecule has 0 saturated carbocycles. The highest BCUT2D eigenvalue weighted by molar-refractivity contribution is 6.01. The first-order valence-corrected chi connectivity index (χ1v) is 10.5. The summed E-state index contributed by atoms with van der Waals surface area (Å²) >= 11 is 0. The molecule has 2 fully saturated rings. The molecule has 2 aliphatic heterocycles. The summed E-state index contributed by atoms with van der Waals surface area (Å²) in [5.74, 6) is -0.290. The first kappa shape index (κ1) is 19.6. The highest BCUT2D eigenvalue weighted by atomic mass is 16.3. The van der Waals surface area contributed by atoms with Gasteiger partial charge >= 0.3 is 0 Å². The van der Waals surface area contributed by atoms with Crippen molar-refractivity contribution in [2.24, 2.45) is 0 Å². The molecule has 0 aliphatic carbocycles. The van der Waals surface area contributed by atoms with Crippen molar-refractivity contribution in [2.75, 3.05) is 26.2 Å². The first-order chi connectivity index (χ1) is 14.0. The van der Waals surface area contributed by atoms with Crippen molar-refractivity contribution in [1.29, 1.82) is 0 Å². The molecule has 0 radical (unpaired) electrons. The number of hydrogen-bond donors (Lipinski definition) is 1. The van der Waals surface area contributed by atoms with Gasteiger partial charge in [-0.1, -0.05) is 49.0 Å². The fourth-order valence-electron chi connectivity index (χ4n) is 4.46. The predicted octanol–water partition coefficient (Wildman–Crippen LogP) is 3.09. The third-order valence-electron chi connectivity index (χ3n) is 6.28. The lowest BCUT2D eigenvalue weighted by Crippen LogP contribution is -2.45. The Kier molecular flexibility index (Phi) is 5.67. The maximum absolute atomic E-state index is 12.8. The highest BCUT2D eigenvalue weighted by Crippen LogP contribution is 2.31. The highest BCUT2D eigenvalue weighted by Gasteiger charge is 2.33. The van der Waals surface area contributed by atoms with Gasteiger partial charge in [-0.25, -0.2) is 0 Å². The van der Waals surface area contributed by atoms with Crippen LogP contribution in [0.4, 0.5) is 0 Å². The van der Waals surface area contributed by atoms with Crippen LogP contribution in [0.25, 0.3) is 10.8 Å². The molecule has 2 aliphatic rings. The summed E-state index contributed by atoms with van der Waals surface area (Å²) in [5.41, 5.74) is 1.30. The van der Waals surface area contributed by atoms with Crippen LogP contribution < -0.4 is 0 Å². The van der Waals surface area contributed by atoms with Crippen LogP contribution in [-0.2, 0) is 9.59 Å². The van der Waals surface area contributed by atoms with E-state index >= 15 is 0 Å². The molecule has 5 heteroatoms. The minimum absolute atomic E-state index is 0.00828. The van der Waals surface area contributed by atoms with Crippen LogP contribution in [0, 0.1) is 0 Å². The molecule has 2 heterocycles. The summed E-state index contributed by atoms with van der Waals surface area (Å²) in [6.07, 6.45) is 2.20. The second-order valence-electron chi connectivity index (χ2n) is 8.13. The Labute approximate surface area is 171 Å². The van der Waals surface area contributed by atoms with Gasteiger partial charge in [0.2, 0.25) is 0 Å². The van der Waals surface area contributed by atoms with Gasteiger partial charge in [-0.05, 0) is 47.9 Å². The molecule has 4 rings (SSSR count). The van der Waals surface area contributed by atoms with Crippen LogP contribution in [0.2, 0.25) is 0 Å². The van der Waals surface area contributed by atoms with Crippen molar-refractivity contribution in [2.45, 2.75) is 37.7 Å².